The predicted octanol–water partition coefficient (Wildman–Crippen LogP) is 2.86. The largest absolute Gasteiger partial charge is 0.462 e. The van der Waals surface area contributed by atoms with Gasteiger partial charge in [-0.05, 0) is 0 Å². The molecule has 1 atom stereocenters. The van der Waals surface area contributed by atoms with Gasteiger partial charge in [-0.25, -0.2) is 14.1 Å². The SMILES string of the molecule is O=C(OF)C(F)(CF)OC(F)(F)C(F)(F)C(F)(F)F. The highest BCUT2D eigenvalue weighted by molar-refractivity contribution is 5.77. The highest BCUT2D eigenvalue weighted by Gasteiger charge is 2.77. The molecule has 0 N–H and O–H groups in total. The summed E-state index contributed by atoms with van der Waals surface area (Å²) in [7, 11) is 0. The van der Waals surface area contributed by atoms with Crippen molar-refractivity contribution in [1.82, 2.24) is 0 Å². The van der Waals surface area contributed by atoms with Crippen LogP contribution in [0.2, 0.25) is 0 Å². The molecule has 0 aromatic carbocycles. The fourth-order valence-electron chi connectivity index (χ4n) is 0.613. The summed E-state index contributed by atoms with van der Waals surface area (Å²) in [6.45, 7) is -3.00. The molecule has 1 unspecified atom stereocenters. The van der Waals surface area contributed by atoms with E-state index < -0.39 is 36.7 Å². The second-order valence-corrected chi connectivity index (χ2v) is 2.92. The van der Waals surface area contributed by atoms with Crippen LogP contribution in [0.15, 0.2) is 0 Å². The van der Waals surface area contributed by atoms with Crippen molar-refractivity contribution >= 4 is 5.97 Å². The van der Waals surface area contributed by atoms with Crippen LogP contribution < -0.4 is 0 Å². The maximum absolute atomic E-state index is 12.8. The zero-order valence-corrected chi connectivity index (χ0v) is 8.21. The van der Waals surface area contributed by atoms with Crippen LogP contribution in [0, 0.1) is 0 Å². The molecule has 0 aliphatic carbocycles. The summed E-state index contributed by atoms with van der Waals surface area (Å²) in [6, 6.07) is 0. The molecule has 0 heterocycles. The van der Waals surface area contributed by atoms with Crippen LogP contribution in [0.25, 0.3) is 0 Å². The number of hydrogen-bond acceptors (Lipinski definition) is 3. The van der Waals surface area contributed by atoms with Gasteiger partial charge in [0.2, 0.25) is 0 Å². The molecule has 0 rings (SSSR count). The number of halogens is 10. The fraction of sp³-hybridized carbons (Fsp3) is 0.833. The highest BCUT2D eigenvalue weighted by atomic mass is 19.4. The van der Waals surface area contributed by atoms with Gasteiger partial charge in [-0.15, -0.1) is 0 Å². The molecule has 0 aliphatic rings. The van der Waals surface area contributed by atoms with Crippen molar-refractivity contribution < 1.29 is 58.5 Å². The number of ether oxygens (including phenoxy) is 1. The van der Waals surface area contributed by atoms with E-state index in [9.17, 15) is 48.8 Å². The second kappa shape index (κ2) is 5.02. The first kappa shape index (κ1) is 17.7. The number of carbonyl (C=O) groups excluding carboxylic acids is 1. The van der Waals surface area contributed by atoms with Crippen LogP contribution in [0.3, 0.4) is 0 Å². The third-order valence-corrected chi connectivity index (χ3v) is 1.56. The number of alkyl halides is 9. The van der Waals surface area contributed by atoms with Crippen molar-refractivity contribution in [2.75, 3.05) is 6.67 Å². The van der Waals surface area contributed by atoms with Crippen molar-refractivity contribution in [2.24, 2.45) is 0 Å². The summed E-state index contributed by atoms with van der Waals surface area (Å²) >= 11 is 0. The van der Waals surface area contributed by atoms with Crippen LogP contribution in [-0.4, -0.2) is 36.7 Å². The third kappa shape index (κ3) is 3.19. The predicted molar refractivity (Wildman–Crippen MR) is 34.0 cm³/mol. The first-order valence-electron chi connectivity index (χ1n) is 3.85. The zero-order valence-electron chi connectivity index (χ0n) is 8.21. The van der Waals surface area contributed by atoms with E-state index in [1.165, 1.54) is 0 Å². The van der Waals surface area contributed by atoms with Crippen molar-refractivity contribution in [2.45, 2.75) is 24.1 Å². The lowest BCUT2D eigenvalue weighted by Gasteiger charge is -2.30. The average molecular weight is 312 g/mol. The monoisotopic (exact) mass is 312 g/mol. The minimum Gasteiger partial charge on any atom is -0.265 e. The van der Waals surface area contributed by atoms with Gasteiger partial charge in [0.15, 0.2) is 6.67 Å². The molecule has 0 fully saturated rings. The minimum atomic E-state index is -6.97. The molecule has 19 heavy (non-hydrogen) atoms. The average Bonchev–Trinajstić information content (AvgIpc) is 2.25. The maximum atomic E-state index is 12.8. The molecule has 0 aromatic heterocycles. The van der Waals surface area contributed by atoms with E-state index >= 15 is 0 Å². The second-order valence-electron chi connectivity index (χ2n) is 2.92. The number of rotatable bonds is 5. The standard InChI is InChI=1S/C6H2F10O3/c7-1-3(8,2(17)18-16)19-6(14,15)4(9,10)5(11,12)13/h1H2. The van der Waals surface area contributed by atoms with Crippen LogP contribution in [0.5, 0.6) is 0 Å². The lowest BCUT2D eigenvalue weighted by atomic mass is 10.3. The fourth-order valence-corrected chi connectivity index (χ4v) is 0.613. The Bertz CT molecular complexity index is 339. The Kier molecular flexibility index (Phi) is 4.68. The van der Waals surface area contributed by atoms with Crippen molar-refractivity contribution in [3.05, 3.63) is 0 Å². The molecule has 3 nitrogen and oxygen atoms in total. The topological polar surface area (TPSA) is 35.5 Å². The molecular weight excluding hydrogens is 310 g/mol. The Hall–Kier alpha value is -1.27. The summed E-state index contributed by atoms with van der Waals surface area (Å²) < 4.78 is 122. The molecule has 13 heteroatoms. The van der Waals surface area contributed by atoms with E-state index in [-0.39, 0.29) is 0 Å². The molecule has 0 aliphatic heterocycles. The van der Waals surface area contributed by atoms with Gasteiger partial charge < -0.3 is 0 Å². The molecule has 0 bridgehead atoms. The van der Waals surface area contributed by atoms with Gasteiger partial charge in [0.05, 0.1) is 0 Å². The minimum absolute atomic E-state index is 1.91. The quantitative estimate of drug-likeness (QED) is 0.732. The summed E-state index contributed by atoms with van der Waals surface area (Å²) in [5.41, 5.74) is 0. The van der Waals surface area contributed by atoms with Gasteiger partial charge >= 0.3 is 30.0 Å². The molecule has 0 amide bonds. The smallest absolute Gasteiger partial charge is 0.265 e. The Morgan fingerprint density at radius 1 is 0.947 bits per heavy atom. The summed E-state index contributed by atoms with van der Waals surface area (Å²) in [5.74, 6) is -15.3. The summed E-state index contributed by atoms with van der Waals surface area (Å²) in [5, 5.41) is 0. The van der Waals surface area contributed by atoms with Crippen molar-refractivity contribution in [3.63, 3.8) is 0 Å². The van der Waals surface area contributed by atoms with Gasteiger partial charge in [-0.2, -0.15) is 35.1 Å². The summed E-state index contributed by atoms with van der Waals surface area (Å²) in [4.78, 5) is 12.0. The zero-order chi connectivity index (χ0) is 15.7. The molecule has 0 radical (unpaired) electrons. The lowest BCUT2D eigenvalue weighted by Crippen LogP contribution is -2.58. The summed E-state index contributed by atoms with van der Waals surface area (Å²) in [6.07, 6.45) is -13.6. The molecule has 0 aromatic rings. The van der Waals surface area contributed by atoms with Crippen LogP contribution >= 0.6 is 0 Å². The van der Waals surface area contributed by atoms with Gasteiger partial charge in [-0.1, -0.05) is 0 Å². The van der Waals surface area contributed by atoms with Gasteiger partial charge in [0.25, 0.3) is 0 Å². The van der Waals surface area contributed by atoms with Crippen molar-refractivity contribution in [1.29, 1.82) is 0 Å². The molecule has 114 valence electrons. The Morgan fingerprint density at radius 3 is 1.63 bits per heavy atom. The van der Waals surface area contributed by atoms with Crippen molar-refractivity contribution in [3.8, 4) is 0 Å². The Labute approximate surface area is 96.5 Å². The molecule has 0 saturated heterocycles. The van der Waals surface area contributed by atoms with E-state index in [0.29, 0.717) is 0 Å². The van der Waals surface area contributed by atoms with E-state index in [1.807, 2.05) is 4.94 Å². The van der Waals surface area contributed by atoms with Gasteiger partial charge in [0, 0.05) is 4.53 Å². The maximum Gasteiger partial charge on any atom is 0.462 e. The first-order chi connectivity index (χ1) is 8.25. The van der Waals surface area contributed by atoms with Crippen LogP contribution in [-0.2, 0) is 14.5 Å². The molecular formula is C6H2F10O3. The molecule has 0 spiro atoms. The third-order valence-electron chi connectivity index (χ3n) is 1.56. The van der Waals surface area contributed by atoms with Gasteiger partial charge in [0.1, 0.15) is 0 Å². The highest BCUT2D eigenvalue weighted by Crippen LogP contribution is 2.48. The van der Waals surface area contributed by atoms with Crippen LogP contribution in [0.4, 0.5) is 44.0 Å². The number of hydrogen-bond donors (Lipinski definition) is 0. The normalized spacial score (nSPS) is 16.9. The Balaban J connectivity index is 5.41. The Morgan fingerprint density at radius 2 is 1.37 bits per heavy atom. The van der Waals surface area contributed by atoms with Gasteiger partial charge in [-0.3, -0.25) is 4.74 Å². The van der Waals surface area contributed by atoms with Crippen LogP contribution in [0.1, 0.15) is 0 Å². The lowest BCUT2D eigenvalue weighted by molar-refractivity contribution is -0.452. The van der Waals surface area contributed by atoms with E-state index in [2.05, 4.69) is 4.74 Å². The first-order valence-corrected chi connectivity index (χ1v) is 3.85. The van der Waals surface area contributed by atoms with E-state index in [1.54, 1.807) is 0 Å². The van der Waals surface area contributed by atoms with E-state index in [0.717, 1.165) is 0 Å². The molecule has 0 saturated carbocycles. The number of carbonyl (C=O) groups is 1. The van der Waals surface area contributed by atoms with E-state index in [4.69, 9.17) is 0 Å².